The van der Waals surface area contributed by atoms with Crippen molar-refractivity contribution >= 4 is 17.5 Å². The summed E-state index contributed by atoms with van der Waals surface area (Å²) in [7, 11) is 0. The Hall–Kier alpha value is -1.92. The predicted molar refractivity (Wildman–Crippen MR) is 73.5 cm³/mol. The van der Waals surface area contributed by atoms with Gasteiger partial charge in [-0.1, -0.05) is 6.07 Å². The SMILES string of the molecule is Nc1cccc2c1C(=O)N(CCN1CCOCC1)C2=O. The molecule has 1 fully saturated rings. The topological polar surface area (TPSA) is 75.9 Å². The van der Waals surface area contributed by atoms with Crippen LogP contribution in [0.1, 0.15) is 20.7 Å². The Morgan fingerprint density at radius 3 is 2.55 bits per heavy atom. The van der Waals surface area contributed by atoms with Gasteiger partial charge in [0.15, 0.2) is 0 Å². The van der Waals surface area contributed by atoms with Gasteiger partial charge in [-0.05, 0) is 12.1 Å². The molecule has 6 heteroatoms. The molecule has 1 aromatic carbocycles. The van der Waals surface area contributed by atoms with Crippen LogP contribution in [0.3, 0.4) is 0 Å². The maximum absolute atomic E-state index is 12.3. The number of benzene rings is 1. The second kappa shape index (κ2) is 5.22. The van der Waals surface area contributed by atoms with Crippen molar-refractivity contribution in [1.82, 2.24) is 9.80 Å². The summed E-state index contributed by atoms with van der Waals surface area (Å²) in [6.07, 6.45) is 0. The van der Waals surface area contributed by atoms with Crippen molar-refractivity contribution in [2.75, 3.05) is 45.1 Å². The standard InChI is InChI=1S/C14H17N3O3/c15-11-3-1-2-10-12(11)14(19)17(13(10)18)5-4-16-6-8-20-9-7-16/h1-3H,4-9,15H2. The number of ether oxygens (including phenoxy) is 1. The zero-order chi connectivity index (χ0) is 14.1. The quantitative estimate of drug-likeness (QED) is 0.630. The van der Waals surface area contributed by atoms with Gasteiger partial charge < -0.3 is 10.5 Å². The van der Waals surface area contributed by atoms with E-state index in [0.29, 0.717) is 43.1 Å². The van der Waals surface area contributed by atoms with Crippen molar-refractivity contribution in [1.29, 1.82) is 0 Å². The third-order valence-electron chi connectivity index (χ3n) is 3.77. The van der Waals surface area contributed by atoms with Crippen molar-refractivity contribution < 1.29 is 14.3 Å². The first-order chi connectivity index (χ1) is 9.68. The van der Waals surface area contributed by atoms with E-state index < -0.39 is 0 Å². The molecular formula is C14H17N3O3. The lowest BCUT2D eigenvalue weighted by atomic mass is 10.1. The number of amides is 2. The number of morpholine rings is 1. The van der Waals surface area contributed by atoms with Gasteiger partial charge in [-0.2, -0.15) is 0 Å². The molecule has 0 saturated carbocycles. The maximum Gasteiger partial charge on any atom is 0.263 e. The fraction of sp³-hybridized carbons (Fsp3) is 0.429. The van der Waals surface area contributed by atoms with E-state index in [1.54, 1.807) is 18.2 Å². The van der Waals surface area contributed by atoms with Crippen LogP contribution in [-0.4, -0.2) is 61.0 Å². The van der Waals surface area contributed by atoms with Crippen LogP contribution >= 0.6 is 0 Å². The van der Waals surface area contributed by atoms with Crippen molar-refractivity contribution in [3.63, 3.8) is 0 Å². The second-order valence-electron chi connectivity index (χ2n) is 4.99. The van der Waals surface area contributed by atoms with Crippen molar-refractivity contribution in [2.45, 2.75) is 0 Å². The number of fused-ring (bicyclic) bond motifs is 1. The summed E-state index contributed by atoms with van der Waals surface area (Å²) in [4.78, 5) is 28.0. The lowest BCUT2D eigenvalue weighted by molar-refractivity contribution is 0.0325. The smallest absolute Gasteiger partial charge is 0.263 e. The zero-order valence-corrected chi connectivity index (χ0v) is 11.2. The molecule has 0 aromatic heterocycles. The normalized spacial score (nSPS) is 19.5. The van der Waals surface area contributed by atoms with Crippen LogP contribution in [-0.2, 0) is 4.74 Å². The van der Waals surface area contributed by atoms with E-state index in [2.05, 4.69) is 4.90 Å². The van der Waals surface area contributed by atoms with Gasteiger partial charge in [0.2, 0.25) is 0 Å². The van der Waals surface area contributed by atoms with E-state index in [4.69, 9.17) is 10.5 Å². The number of imide groups is 1. The number of rotatable bonds is 3. The number of carbonyl (C=O) groups is 2. The molecule has 106 valence electrons. The Labute approximate surface area is 117 Å². The minimum atomic E-state index is -0.281. The third-order valence-corrected chi connectivity index (χ3v) is 3.77. The fourth-order valence-corrected chi connectivity index (χ4v) is 2.63. The monoisotopic (exact) mass is 275 g/mol. The number of nitrogens with zero attached hydrogens (tertiary/aromatic N) is 2. The van der Waals surface area contributed by atoms with Gasteiger partial charge in [0.1, 0.15) is 0 Å². The zero-order valence-electron chi connectivity index (χ0n) is 11.2. The second-order valence-corrected chi connectivity index (χ2v) is 4.99. The fourth-order valence-electron chi connectivity index (χ4n) is 2.63. The minimum absolute atomic E-state index is 0.245. The van der Waals surface area contributed by atoms with Gasteiger partial charge >= 0.3 is 0 Å². The van der Waals surface area contributed by atoms with Gasteiger partial charge in [0.05, 0.1) is 24.3 Å². The van der Waals surface area contributed by atoms with Gasteiger partial charge in [0.25, 0.3) is 11.8 Å². The summed E-state index contributed by atoms with van der Waals surface area (Å²) in [5, 5.41) is 0. The summed E-state index contributed by atoms with van der Waals surface area (Å²) in [5.74, 6) is -0.526. The van der Waals surface area contributed by atoms with Crippen LogP contribution in [0, 0.1) is 0 Å². The van der Waals surface area contributed by atoms with Crippen LogP contribution in [0.5, 0.6) is 0 Å². The summed E-state index contributed by atoms with van der Waals surface area (Å²) in [5.41, 5.74) is 6.93. The first-order valence-electron chi connectivity index (χ1n) is 6.73. The van der Waals surface area contributed by atoms with E-state index in [9.17, 15) is 9.59 Å². The predicted octanol–water partition coefficient (Wildman–Crippen LogP) is 0.197. The highest BCUT2D eigenvalue weighted by Gasteiger charge is 2.36. The highest BCUT2D eigenvalue weighted by atomic mass is 16.5. The Morgan fingerprint density at radius 1 is 1.10 bits per heavy atom. The lowest BCUT2D eigenvalue weighted by Crippen LogP contribution is -2.43. The largest absolute Gasteiger partial charge is 0.398 e. The molecule has 0 aliphatic carbocycles. The first-order valence-corrected chi connectivity index (χ1v) is 6.73. The first kappa shape index (κ1) is 13.1. The van der Waals surface area contributed by atoms with E-state index in [-0.39, 0.29) is 11.8 Å². The molecule has 2 aliphatic rings. The molecule has 1 aromatic rings. The molecule has 0 unspecified atom stereocenters. The Morgan fingerprint density at radius 2 is 1.85 bits per heavy atom. The van der Waals surface area contributed by atoms with Crippen LogP contribution in [0.2, 0.25) is 0 Å². The van der Waals surface area contributed by atoms with Crippen molar-refractivity contribution in [3.8, 4) is 0 Å². The van der Waals surface area contributed by atoms with Crippen LogP contribution in [0.4, 0.5) is 5.69 Å². The molecule has 0 atom stereocenters. The Balaban J connectivity index is 1.71. The maximum atomic E-state index is 12.3. The van der Waals surface area contributed by atoms with Gasteiger partial charge in [-0.15, -0.1) is 0 Å². The molecule has 6 nitrogen and oxygen atoms in total. The molecule has 2 amide bonds. The molecule has 2 aliphatic heterocycles. The van der Waals surface area contributed by atoms with E-state index in [1.807, 2.05) is 0 Å². The molecule has 1 saturated heterocycles. The average Bonchev–Trinajstić information content (AvgIpc) is 2.71. The molecule has 0 radical (unpaired) electrons. The summed E-state index contributed by atoms with van der Waals surface area (Å²) < 4.78 is 5.27. The van der Waals surface area contributed by atoms with E-state index >= 15 is 0 Å². The van der Waals surface area contributed by atoms with Crippen molar-refractivity contribution in [3.05, 3.63) is 29.3 Å². The number of carbonyl (C=O) groups excluding carboxylic acids is 2. The van der Waals surface area contributed by atoms with Crippen LogP contribution < -0.4 is 5.73 Å². The number of hydrogen-bond donors (Lipinski definition) is 1. The molecule has 3 rings (SSSR count). The number of nitrogen functional groups attached to an aromatic ring is 1. The minimum Gasteiger partial charge on any atom is -0.398 e. The van der Waals surface area contributed by atoms with Gasteiger partial charge in [0, 0.05) is 31.9 Å². The van der Waals surface area contributed by atoms with E-state index in [1.165, 1.54) is 4.90 Å². The molecule has 2 N–H and O–H groups in total. The summed E-state index contributed by atoms with van der Waals surface area (Å²) in [6, 6.07) is 5.00. The average molecular weight is 275 g/mol. The molecule has 0 bridgehead atoms. The number of anilines is 1. The summed E-state index contributed by atoms with van der Waals surface area (Å²) >= 11 is 0. The highest BCUT2D eigenvalue weighted by Crippen LogP contribution is 2.27. The van der Waals surface area contributed by atoms with Crippen LogP contribution in [0.15, 0.2) is 18.2 Å². The molecule has 2 heterocycles. The third kappa shape index (κ3) is 2.17. The van der Waals surface area contributed by atoms with Gasteiger partial charge in [-0.25, -0.2) is 0 Å². The van der Waals surface area contributed by atoms with E-state index in [0.717, 1.165) is 13.1 Å². The molecular weight excluding hydrogens is 258 g/mol. The molecule has 0 spiro atoms. The van der Waals surface area contributed by atoms with Crippen LogP contribution in [0.25, 0.3) is 0 Å². The highest BCUT2D eigenvalue weighted by molar-refractivity contribution is 6.23. The van der Waals surface area contributed by atoms with Gasteiger partial charge in [-0.3, -0.25) is 19.4 Å². The number of nitrogens with two attached hydrogens (primary N) is 1. The summed E-state index contributed by atoms with van der Waals surface area (Å²) in [6.45, 7) is 4.15. The Bertz CT molecular complexity index is 553. The molecule has 20 heavy (non-hydrogen) atoms. The van der Waals surface area contributed by atoms with Crippen molar-refractivity contribution in [2.24, 2.45) is 0 Å². The Kier molecular flexibility index (Phi) is 3.42. The number of hydrogen-bond acceptors (Lipinski definition) is 5. The lowest BCUT2D eigenvalue weighted by Gasteiger charge is -2.27.